The highest BCUT2D eigenvalue weighted by atomic mass is 16.2. The summed E-state index contributed by atoms with van der Waals surface area (Å²) < 4.78 is 0. The molecule has 0 fully saturated rings. The van der Waals surface area contributed by atoms with Crippen LogP contribution in [0.25, 0.3) is 0 Å². The van der Waals surface area contributed by atoms with Crippen molar-refractivity contribution in [3.8, 4) is 0 Å². The molecule has 1 heterocycles. The van der Waals surface area contributed by atoms with Crippen LogP contribution in [0.15, 0.2) is 24.5 Å². The van der Waals surface area contributed by atoms with Gasteiger partial charge in [-0.1, -0.05) is 6.07 Å². The zero-order valence-corrected chi connectivity index (χ0v) is 7.56. The molecule has 0 radical (unpaired) electrons. The number of aromatic nitrogens is 1. The zero-order chi connectivity index (χ0) is 10.2. The molecule has 1 aromatic heterocycles. The van der Waals surface area contributed by atoms with Gasteiger partial charge in [0.2, 0.25) is 12.3 Å². The largest absolute Gasteiger partial charge is 0.350 e. The van der Waals surface area contributed by atoms with Crippen molar-refractivity contribution in [2.24, 2.45) is 0 Å². The van der Waals surface area contributed by atoms with Crippen molar-refractivity contribution in [1.29, 1.82) is 0 Å². The van der Waals surface area contributed by atoms with Gasteiger partial charge in [-0.15, -0.1) is 0 Å². The minimum Gasteiger partial charge on any atom is -0.350 e. The molecule has 0 bridgehead atoms. The van der Waals surface area contributed by atoms with Gasteiger partial charge in [-0.3, -0.25) is 14.6 Å². The van der Waals surface area contributed by atoms with E-state index in [0.29, 0.717) is 13.0 Å². The van der Waals surface area contributed by atoms with E-state index in [1.807, 2.05) is 6.07 Å². The summed E-state index contributed by atoms with van der Waals surface area (Å²) in [6.45, 7) is 0.428. The van der Waals surface area contributed by atoms with Gasteiger partial charge in [0, 0.05) is 18.9 Å². The Balaban J connectivity index is 2.27. The van der Waals surface area contributed by atoms with Gasteiger partial charge in [-0.2, -0.15) is 0 Å². The van der Waals surface area contributed by atoms with Crippen LogP contribution < -0.4 is 10.6 Å². The van der Waals surface area contributed by atoms with Crippen molar-refractivity contribution in [2.45, 2.75) is 6.54 Å². The fraction of sp³-hybridized carbons (Fsp3) is 0.222. The van der Waals surface area contributed by atoms with Crippen LogP contribution in [-0.4, -0.2) is 23.8 Å². The first-order valence-corrected chi connectivity index (χ1v) is 4.15. The Kier molecular flexibility index (Phi) is 4.13. The van der Waals surface area contributed by atoms with Crippen LogP contribution in [0, 0.1) is 0 Å². The molecule has 5 nitrogen and oxygen atoms in total. The highest BCUT2D eigenvalue weighted by Gasteiger charge is 1.98. The third-order valence-corrected chi connectivity index (χ3v) is 1.56. The van der Waals surface area contributed by atoms with Gasteiger partial charge in [0.1, 0.15) is 0 Å². The van der Waals surface area contributed by atoms with E-state index >= 15 is 0 Å². The molecule has 5 heteroatoms. The van der Waals surface area contributed by atoms with Crippen LogP contribution in [0.4, 0.5) is 0 Å². The van der Waals surface area contributed by atoms with Crippen LogP contribution >= 0.6 is 0 Å². The molecule has 1 aromatic rings. The molecule has 2 N–H and O–H groups in total. The first-order valence-electron chi connectivity index (χ1n) is 4.15. The molecule has 14 heavy (non-hydrogen) atoms. The van der Waals surface area contributed by atoms with Crippen molar-refractivity contribution >= 4 is 12.3 Å². The highest BCUT2D eigenvalue weighted by Crippen LogP contribution is 1.93. The van der Waals surface area contributed by atoms with Crippen molar-refractivity contribution in [3.63, 3.8) is 0 Å². The normalized spacial score (nSPS) is 9.14. The number of pyridine rings is 1. The maximum absolute atomic E-state index is 11.0. The molecule has 74 valence electrons. The van der Waals surface area contributed by atoms with E-state index in [2.05, 4.69) is 15.6 Å². The number of hydrogen-bond acceptors (Lipinski definition) is 3. The predicted molar refractivity (Wildman–Crippen MR) is 50.2 cm³/mol. The average molecular weight is 193 g/mol. The Morgan fingerprint density at radius 3 is 3.07 bits per heavy atom. The van der Waals surface area contributed by atoms with Gasteiger partial charge in [0.05, 0.1) is 6.54 Å². The topological polar surface area (TPSA) is 71.1 Å². The highest BCUT2D eigenvalue weighted by molar-refractivity contribution is 5.79. The fourth-order valence-corrected chi connectivity index (χ4v) is 0.900. The quantitative estimate of drug-likeness (QED) is 0.616. The Bertz CT molecular complexity index is 300. The van der Waals surface area contributed by atoms with Gasteiger partial charge in [0.25, 0.3) is 0 Å². The van der Waals surface area contributed by atoms with E-state index in [4.69, 9.17) is 0 Å². The lowest BCUT2D eigenvalue weighted by molar-refractivity contribution is -0.122. The molecule has 0 spiro atoms. The molecular weight excluding hydrogens is 182 g/mol. The monoisotopic (exact) mass is 193 g/mol. The SMILES string of the molecule is O=CNCC(=O)NCc1cccnc1. The number of carbonyl (C=O) groups is 2. The summed E-state index contributed by atoms with van der Waals surface area (Å²) in [5, 5.41) is 4.91. The van der Waals surface area contributed by atoms with E-state index in [1.54, 1.807) is 18.5 Å². The summed E-state index contributed by atoms with van der Waals surface area (Å²) in [7, 11) is 0. The molecule has 0 aliphatic rings. The molecule has 0 aliphatic carbocycles. The summed E-state index contributed by atoms with van der Waals surface area (Å²) >= 11 is 0. The van der Waals surface area contributed by atoms with E-state index in [0.717, 1.165) is 5.56 Å². The second-order valence-corrected chi connectivity index (χ2v) is 2.64. The van der Waals surface area contributed by atoms with E-state index in [-0.39, 0.29) is 12.5 Å². The molecule has 0 aliphatic heterocycles. The van der Waals surface area contributed by atoms with Gasteiger partial charge in [-0.05, 0) is 11.6 Å². The summed E-state index contributed by atoms with van der Waals surface area (Å²) in [6.07, 6.45) is 3.83. The molecule has 0 unspecified atom stereocenters. The second kappa shape index (κ2) is 5.69. The lowest BCUT2D eigenvalue weighted by Gasteiger charge is -2.03. The number of rotatable bonds is 5. The minimum atomic E-state index is -0.221. The first kappa shape index (κ1) is 10.2. The number of carbonyl (C=O) groups excluding carboxylic acids is 2. The Morgan fingerprint density at radius 1 is 1.57 bits per heavy atom. The Hall–Kier alpha value is -1.91. The van der Waals surface area contributed by atoms with Crippen molar-refractivity contribution in [1.82, 2.24) is 15.6 Å². The van der Waals surface area contributed by atoms with E-state index in [9.17, 15) is 9.59 Å². The maximum Gasteiger partial charge on any atom is 0.239 e. The molecule has 0 saturated heterocycles. The summed E-state index contributed by atoms with van der Waals surface area (Å²) in [5.41, 5.74) is 0.923. The van der Waals surface area contributed by atoms with Crippen molar-refractivity contribution in [2.75, 3.05) is 6.54 Å². The van der Waals surface area contributed by atoms with Crippen molar-refractivity contribution < 1.29 is 9.59 Å². The summed E-state index contributed by atoms with van der Waals surface area (Å²) in [4.78, 5) is 24.8. The third kappa shape index (κ3) is 3.66. The lowest BCUT2D eigenvalue weighted by atomic mass is 10.3. The molecule has 0 atom stereocenters. The number of amides is 2. The number of nitrogens with zero attached hydrogens (tertiary/aromatic N) is 1. The van der Waals surface area contributed by atoms with Crippen LogP contribution in [0.1, 0.15) is 5.56 Å². The van der Waals surface area contributed by atoms with Gasteiger partial charge < -0.3 is 10.6 Å². The predicted octanol–water partition coefficient (Wildman–Crippen LogP) is -0.556. The lowest BCUT2D eigenvalue weighted by Crippen LogP contribution is -2.32. The second-order valence-electron chi connectivity index (χ2n) is 2.64. The van der Waals surface area contributed by atoms with Crippen LogP contribution in [0.2, 0.25) is 0 Å². The standard InChI is InChI=1S/C9H11N3O2/c13-7-11-6-9(14)12-5-8-2-1-3-10-4-8/h1-4,7H,5-6H2,(H,11,13)(H,12,14). The van der Waals surface area contributed by atoms with Gasteiger partial charge in [0.15, 0.2) is 0 Å². The number of hydrogen-bond donors (Lipinski definition) is 2. The van der Waals surface area contributed by atoms with Crippen LogP contribution in [0.3, 0.4) is 0 Å². The molecular formula is C9H11N3O2. The van der Waals surface area contributed by atoms with E-state index in [1.165, 1.54) is 0 Å². The maximum atomic E-state index is 11.0. The fourth-order valence-electron chi connectivity index (χ4n) is 0.900. The molecule has 0 saturated carbocycles. The smallest absolute Gasteiger partial charge is 0.239 e. The Morgan fingerprint density at radius 2 is 2.43 bits per heavy atom. The molecule has 2 amide bonds. The van der Waals surface area contributed by atoms with Gasteiger partial charge >= 0.3 is 0 Å². The van der Waals surface area contributed by atoms with Gasteiger partial charge in [-0.25, -0.2) is 0 Å². The third-order valence-electron chi connectivity index (χ3n) is 1.56. The Labute approximate surface area is 81.5 Å². The first-order chi connectivity index (χ1) is 6.83. The minimum absolute atomic E-state index is 0.00373. The average Bonchev–Trinajstić information content (AvgIpc) is 2.25. The molecule has 1 rings (SSSR count). The van der Waals surface area contributed by atoms with Crippen LogP contribution in [-0.2, 0) is 16.1 Å². The zero-order valence-electron chi connectivity index (χ0n) is 7.56. The number of nitrogens with one attached hydrogen (secondary N) is 2. The van der Waals surface area contributed by atoms with Crippen LogP contribution in [0.5, 0.6) is 0 Å². The summed E-state index contributed by atoms with van der Waals surface area (Å²) in [6, 6.07) is 3.66. The van der Waals surface area contributed by atoms with E-state index < -0.39 is 0 Å². The van der Waals surface area contributed by atoms with Crippen molar-refractivity contribution in [3.05, 3.63) is 30.1 Å². The molecule has 0 aromatic carbocycles. The summed E-state index contributed by atoms with van der Waals surface area (Å²) in [5.74, 6) is -0.221.